The van der Waals surface area contributed by atoms with Gasteiger partial charge in [-0.1, -0.05) is 19.9 Å². The standard InChI is InChI=1S/C21H26F3N3O4S/c1-5-27(6-2)32(29,30)16-9-10-19(31-4)18(12-16)26-20(28)13-25-15-8-7-14(3)17(11-15)21(22,23)24/h7-12,25H,5-6,13H2,1-4H3,(H,26,28). The second-order valence-electron chi connectivity index (χ2n) is 6.88. The highest BCUT2D eigenvalue weighted by molar-refractivity contribution is 7.89. The van der Waals surface area contributed by atoms with Gasteiger partial charge in [0.15, 0.2) is 0 Å². The molecule has 0 unspecified atom stereocenters. The number of benzene rings is 2. The quantitative estimate of drug-likeness (QED) is 0.573. The molecule has 0 aliphatic carbocycles. The second kappa shape index (κ2) is 10.2. The van der Waals surface area contributed by atoms with Crippen LogP contribution in [0.1, 0.15) is 25.0 Å². The Morgan fingerprint density at radius 2 is 1.75 bits per heavy atom. The number of carbonyl (C=O) groups excluding carboxylic acids is 1. The van der Waals surface area contributed by atoms with Crippen molar-refractivity contribution in [1.29, 1.82) is 0 Å². The topological polar surface area (TPSA) is 87.7 Å². The van der Waals surface area contributed by atoms with Crippen LogP contribution in [0.25, 0.3) is 0 Å². The minimum absolute atomic E-state index is 0.0152. The summed E-state index contributed by atoms with van der Waals surface area (Å²) in [5.41, 5.74) is -0.460. The van der Waals surface area contributed by atoms with Crippen LogP contribution < -0.4 is 15.4 Å². The van der Waals surface area contributed by atoms with Crippen molar-refractivity contribution in [2.45, 2.75) is 31.8 Å². The number of halogens is 3. The first-order valence-electron chi connectivity index (χ1n) is 9.83. The first-order chi connectivity index (χ1) is 14.9. The molecule has 2 aromatic carbocycles. The lowest BCUT2D eigenvalue weighted by Gasteiger charge is -2.19. The zero-order valence-corrected chi connectivity index (χ0v) is 19.0. The van der Waals surface area contributed by atoms with Crippen LogP contribution in [-0.2, 0) is 21.0 Å². The molecule has 0 aromatic heterocycles. The van der Waals surface area contributed by atoms with Crippen molar-refractivity contribution in [2.24, 2.45) is 0 Å². The van der Waals surface area contributed by atoms with Crippen LogP contribution in [-0.4, -0.2) is 45.4 Å². The maximum atomic E-state index is 13.1. The number of hydrogen-bond acceptors (Lipinski definition) is 5. The molecule has 176 valence electrons. The van der Waals surface area contributed by atoms with Crippen molar-refractivity contribution in [3.05, 3.63) is 47.5 Å². The lowest BCUT2D eigenvalue weighted by molar-refractivity contribution is -0.138. The molecule has 2 rings (SSSR count). The minimum Gasteiger partial charge on any atom is -0.495 e. The van der Waals surface area contributed by atoms with Crippen LogP contribution in [0.2, 0.25) is 0 Å². The summed E-state index contributed by atoms with van der Waals surface area (Å²) in [7, 11) is -2.39. The molecule has 1 amide bonds. The van der Waals surface area contributed by atoms with Crippen molar-refractivity contribution in [3.63, 3.8) is 0 Å². The van der Waals surface area contributed by atoms with Gasteiger partial charge in [0.05, 0.1) is 29.8 Å². The number of sulfonamides is 1. The van der Waals surface area contributed by atoms with Gasteiger partial charge in [-0.3, -0.25) is 4.79 Å². The molecule has 0 heterocycles. The van der Waals surface area contributed by atoms with E-state index in [2.05, 4.69) is 10.6 Å². The molecule has 2 aromatic rings. The summed E-state index contributed by atoms with van der Waals surface area (Å²) < 4.78 is 71.2. The third kappa shape index (κ3) is 5.92. The summed E-state index contributed by atoms with van der Waals surface area (Å²) in [4.78, 5) is 12.4. The van der Waals surface area contributed by atoms with E-state index in [0.717, 1.165) is 6.07 Å². The van der Waals surface area contributed by atoms with Gasteiger partial charge < -0.3 is 15.4 Å². The van der Waals surface area contributed by atoms with Crippen LogP contribution in [0.3, 0.4) is 0 Å². The number of anilines is 2. The maximum Gasteiger partial charge on any atom is 0.416 e. The molecule has 0 saturated heterocycles. The number of nitrogens with one attached hydrogen (secondary N) is 2. The summed E-state index contributed by atoms with van der Waals surface area (Å²) >= 11 is 0. The summed E-state index contributed by atoms with van der Waals surface area (Å²) in [5.74, 6) is -0.346. The number of alkyl halides is 3. The van der Waals surface area contributed by atoms with Crippen LogP contribution >= 0.6 is 0 Å². The van der Waals surface area contributed by atoms with Crippen LogP contribution in [0.4, 0.5) is 24.5 Å². The molecule has 2 N–H and O–H groups in total. The minimum atomic E-state index is -4.51. The first kappa shape index (κ1) is 25.5. The third-order valence-electron chi connectivity index (χ3n) is 4.78. The molecule has 0 aliphatic heterocycles. The fourth-order valence-corrected chi connectivity index (χ4v) is 4.56. The number of amides is 1. The second-order valence-corrected chi connectivity index (χ2v) is 8.82. The van der Waals surface area contributed by atoms with Crippen molar-refractivity contribution in [3.8, 4) is 5.75 Å². The predicted molar refractivity (Wildman–Crippen MR) is 116 cm³/mol. The lowest BCUT2D eigenvalue weighted by Crippen LogP contribution is -2.30. The summed E-state index contributed by atoms with van der Waals surface area (Å²) in [6.45, 7) is 5.02. The van der Waals surface area contributed by atoms with Gasteiger partial charge in [0, 0.05) is 18.8 Å². The zero-order chi connectivity index (χ0) is 24.1. The molecule has 32 heavy (non-hydrogen) atoms. The Balaban J connectivity index is 2.19. The first-order valence-corrected chi connectivity index (χ1v) is 11.3. The van der Waals surface area contributed by atoms with E-state index in [4.69, 9.17) is 4.74 Å². The Morgan fingerprint density at radius 3 is 2.31 bits per heavy atom. The van der Waals surface area contributed by atoms with Crippen LogP contribution in [0.5, 0.6) is 5.75 Å². The molecule has 0 radical (unpaired) electrons. The number of methoxy groups -OCH3 is 1. The van der Waals surface area contributed by atoms with Crippen molar-refractivity contribution >= 4 is 27.3 Å². The van der Waals surface area contributed by atoms with E-state index in [-0.39, 0.29) is 47.2 Å². The molecule has 0 spiro atoms. The van der Waals surface area contributed by atoms with Gasteiger partial charge in [0.1, 0.15) is 5.75 Å². The van der Waals surface area contributed by atoms with Crippen molar-refractivity contribution < 1.29 is 31.1 Å². The van der Waals surface area contributed by atoms with Gasteiger partial charge in [0.2, 0.25) is 15.9 Å². The van der Waals surface area contributed by atoms with Gasteiger partial charge in [-0.05, 0) is 42.8 Å². The monoisotopic (exact) mass is 473 g/mol. The van der Waals surface area contributed by atoms with E-state index in [1.165, 1.54) is 48.7 Å². The highest BCUT2D eigenvalue weighted by Gasteiger charge is 2.32. The summed E-state index contributed by atoms with van der Waals surface area (Å²) in [6, 6.07) is 7.78. The predicted octanol–water partition coefficient (Wildman–Crippen LogP) is 4.10. The fraction of sp³-hybridized carbons (Fsp3) is 0.381. The van der Waals surface area contributed by atoms with Gasteiger partial charge in [-0.25, -0.2) is 8.42 Å². The van der Waals surface area contributed by atoms with Crippen LogP contribution in [0.15, 0.2) is 41.3 Å². The van der Waals surface area contributed by atoms with E-state index < -0.39 is 27.7 Å². The van der Waals surface area contributed by atoms with Crippen molar-refractivity contribution in [2.75, 3.05) is 37.4 Å². The number of rotatable bonds is 9. The van der Waals surface area contributed by atoms with E-state index in [1.807, 2.05) is 0 Å². The largest absolute Gasteiger partial charge is 0.495 e. The fourth-order valence-electron chi connectivity index (χ4n) is 3.07. The number of nitrogens with zero attached hydrogens (tertiary/aromatic N) is 1. The van der Waals surface area contributed by atoms with E-state index in [9.17, 15) is 26.4 Å². The van der Waals surface area contributed by atoms with E-state index in [0.29, 0.717) is 0 Å². The average molecular weight is 474 g/mol. The van der Waals surface area contributed by atoms with Gasteiger partial charge in [-0.15, -0.1) is 0 Å². The zero-order valence-electron chi connectivity index (χ0n) is 18.2. The highest BCUT2D eigenvalue weighted by atomic mass is 32.2. The highest BCUT2D eigenvalue weighted by Crippen LogP contribution is 2.33. The molecular formula is C21H26F3N3O4S. The molecule has 0 atom stereocenters. The third-order valence-corrected chi connectivity index (χ3v) is 6.83. The Labute approximate surface area is 185 Å². The normalized spacial score (nSPS) is 12.0. The SMILES string of the molecule is CCN(CC)S(=O)(=O)c1ccc(OC)c(NC(=O)CNc2ccc(C)c(C(F)(F)F)c2)c1. The summed E-state index contributed by atoms with van der Waals surface area (Å²) in [6.07, 6.45) is -4.51. The Hall–Kier alpha value is -2.79. The maximum absolute atomic E-state index is 13.1. The lowest BCUT2D eigenvalue weighted by atomic mass is 10.1. The molecule has 0 fully saturated rings. The number of hydrogen-bond donors (Lipinski definition) is 2. The number of aryl methyl sites for hydroxylation is 1. The van der Waals surface area contributed by atoms with Crippen molar-refractivity contribution in [1.82, 2.24) is 4.31 Å². The van der Waals surface area contributed by atoms with E-state index >= 15 is 0 Å². The molecule has 0 bridgehead atoms. The van der Waals surface area contributed by atoms with Crippen LogP contribution in [0, 0.1) is 6.92 Å². The number of ether oxygens (including phenoxy) is 1. The Morgan fingerprint density at radius 1 is 1.09 bits per heavy atom. The van der Waals surface area contributed by atoms with Gasteiger partial charge in [0.25, 0.3) is 0 Å². The number of carbonyl (C=O) groups is 1. The average Bonchev–Trinajstić information content (AvgIpc) is 2.73. The Kier molecular flexibility index (Phi) is 8.13. The Bertz CT molecular complexity index is 1070. The van der Waals surface area contributed by atoms with Gasteiger partial charge in [-0.2, -0.15) is 17.5 Å². The molecular weight excluding hydrogens is 447 g/mol. The van der Waals surface area contributed by atoms with Gasteiger partial charge >= 0.3 is 6.18 Å². The molecule has 7 nitrogen and oxygen atoms in total. The molecule has 11 heteroatoms. The molecule has 0 aliphatic rings. The molecule has 0 saturated carbocycles. The smallest absolute Gasteiger partial charge is 0.416 e. The summed E-state index contributed by atoms with van der Waals surface area (Å²) in [5, 5.41) is 5.19. The van der Waals surface area contributed by atoms with E-state index in [1.54, 1.807) is 13.8 Å².